The van der Waals surface area contributed by atoms with E-state index in [4.69, 9.17) is 0 Å². The van der Waals surface area contributed by atoms with Crippen LogP contribution in [0.3, 0.4) is 0 Å². The molecule has 0 aromatic heterocycles. The SMILES string of the molecule is [CH2]c1cc(SCCCCCCCCCCCCCC)cc(SCCCCCCCCCCCCCC)c1. The number of hydrogen-bond donors (Lipinski definition) is 0. The molecule has 0 unspecified atom stereocenters. The summed E-state index contributed by atoms with van der Waals surface area (Å²) in [5, 5.41) is 0. The quantitative estimate of drug-likeness (QED) is 0.0755. The summed E-state index contributed by atoms with van der Waals surface area (Å²) in [7, 11) is 0. The fourth-order valence-corrected chi connectivity index (χ4v) is 7.20. The topological polar surface area (TPSA) is 0 Å². The summed E-state index contributed by atoms with van der Waals surface area (Å²) in [6, 6.07) is 6.96. The average molecular weight is 548 g/mol. The Kier molecular flexibility index (Phi) is 26.0. The second-order valence-corrected chi connectivity index (χ2v) is 13.6. The molecule has 0 amide bonds. The van der Waals surface area contributed by atoms with Crippen LogP contribution in [0, 0.1) is 6.92 Å². The van der Waals surface area contributed by atoms with Crippen molar-refractivity contribution in [1.82, 2.24) is 0 Å². The van der Waals surface area contributed by atoms with Gasteiger partial charge in [0, 0.05) is 9.79 Å². The Labute approximate surface area is 242 Å². The first-order valence-electron chi connectivity index (χ1n) is 16.5. The second kappa shape index (κ2) is 27.5. The number of rotatable bonds is 28. The Morgan fingerprint density at radius 2 is 0.676 bits per heavy atom. The molecule has 0 saturated heterocycles. The summed E-state index contributed by atoms with van der Waals surface area (Å²) in [4.78, 5) is 2.85. The normalized spacial score (nSPS) is 11.4. The van der Waals surface area contributed by atoms with Gasteiger partial charge in [-0.25, -0.2) is 0 Å². The molecule has 0 atom stereocenters. The minimum atomic E-state index is 1.18. The first-order chi connectivity index (χ1) is 18.3. The van der Waals surface area contributed by atoms with Crippen LogP contribution in [0.5, 0.6) is 0 Å². The van der Waals surface area contributed by atoms with Crippen LogP contribution in [0.15, 0.2) is 28.0 Å². The van der Waals surface area contributed by atoms with E-state index in [1.807, 2.05) is 23.5 Å². The van der Waals surface area contributed by atoms with Gasteiger partial charge in [-0.1, -0.05) is 155 Å². The van der Waals surface area contributed by atoms with Gasteiger partial charge in [-0.15, -0.1) is 23.5 Å². The molecule has 0 bridgehead atoms. The molecule has 0 spiro atoms. The molecule has 1 radical (unpaired) electrons. The van der Waals surface area contributed by atoms with E-state index in [0.717, 1.165) is 0 Å². The van der Waals surface area contributed by atoms with E-state index in [9.17, 15) is 0 Å². The molecule has 0 N–H and O–H groups in total. The first-order valence-corrected chi connectivity index (χ1v) is 18.5. The van der Waals surface area contributed by atoms with Crippen molar-refractivity contribution in [2.24, 2.45) is 0 Å². The lowest BCUT2D eigenvalue weighted by Crippen LogP contribution is -1.87. The molecule has 0 aliphatic rings. The standard InChI is InChI=1S/C35H63S2/c1-4-6-8-10-12-14-16-18-20-22-24-26-28-36-34-30-33(3)31-35(32-34)37-29-27-25-23-21-19-17-15-13-11-9-7-5-2/h30-32H,3-29H2,1-2H3. The lowest BCUT2D eigenvalue weighted by atomic mass is 10.1. The molecule has 0 aliphatic carbocycles. The molecule has 37 heavy (non-hydrogen) atoms. The lowest BCUT2D eigenvalue weighted by Gasteiger charge is -2.08. The van der Waals surface area contributed by atoms with E-state index in [0.29, 0.717) is 0 Å². The van der Waals surface area contributed by atoms with Crippen molar-refractivity contribution in [1.29, 1.82) is 0 Å². The van der Waals surface area contributed by atoms with Crippen LogP contribution >= 0.6 is 23.5 Å². The Bertz CT molecular complexity index is 549. The Morgan fingerprint density at radius 3 is 0.973 bits per heavy atom. The number of benzene rings is 1. The summed E-state index contributed by atoms with van der Waals surface area (Å²) >= 11 is 4.08. The maximum atomic E-state index is 4.24. The van der Waals surface area contributed by atoms with Gasteiger partial charge in [0.2, 0.25) is 0 Å². The van der Waals surface area contributed by atoms with E-state index in [-0.39, 0.29) is 0 Å². The maximum Gasteiger partial charge on any atom is 0.00858 e. The van der Waals surface area contributed by atoms with Crippen LogP contribution in [0.4, 0.5) is 0 Å². The number of unbranched alkanes of at least 4 members (excludes halogenated alkanes) is 22. The van der Waals surface area contributed by atoms with Crippen LogP contribution < -0.4 is 0 Å². The van der Waals surface area contributed by atoms with Gasteiger partial charge in [0.25, 0.3) is 0 Å². The van der Waals surface area contributed by atoms with E-state index < -0.39 is 0 Å². The predicted octanol–water partition coefficient (Wildman–Crippen LogP) is 13.5. The maximum absolute atomic E-state index is 4.24. The van der Waals surface area contributed by atoms with Gasteiger partial charge < -0.3 is 0 Å². The molecule has 215 valence electrons. The van der Waals surface area contributed by atoms with Crippen molar-refractivity contribution in [3.05, 3.63) is 30.7 Å². The van der Waals surface area contributed by atoms with Crippen molar-refractivity contribution in [2.45, 2.75) is 178 Å². The third kappa shape index (κ3) is 23.5. The molecule has 0 fully saturated rings. The Morgan fingerprint density at radius 1 is 0.405 bits per heavy atom. The van der Waals surface area contributed by atoms with Crippen LogP contribution in [0.2, 0.25) is 0 Å². The average Bonchev–Trinajstić information content (AvgIpc) is 2.89. The van der Waals surface area contributed by atoms with Gasteiger partial charge in [0.05, 0.1) is 0 Å². The lowest BCUT2D eigenvalue weighted by molar-refractivity contribution is 0.548. The van der Waals surface area contributed by atoms with Crippen LogP contribution in [-0.4, -0.2) is 11.5 Å². The minimum absolute atomic E-state index is 1.18. The number of thioether (sulfide) groups is 2. The summed E-state index contributed by atoms with van der Waals surface area (Å²) in [5.41, 5.74) is 1.18. The summed E-state index contributed by atoms with van der Waals surface area (Å²) in [6.07, 6.45) is 34.3. The third-order valence-corrected chi connectivity index (χ3v) is 9.60. The summed E-state index contributed by atoms with van der Waals surface area (Å²) in [5.74, 6) is 2.51. The van der Waals surface area contributed by atoms with Gasteiger partial charge in [0.1, 0.15) is 0 Å². The zero-order chi connectivity index (χ0) is 26.7. The molecular weight excluding hydrogens is 485 g/mol. The van der Waals surface area contributed by atoms with E-state index in [1.54, 1.807) is 0 Å². The van der Waals surface area contributed by atoms with Gasteiger partial charge in [-0.2, -0.15) is 0 Å². The largest absolute Gasteiger partial charge is 0.126 e. The zero-order valence-corrected chi connectivity index (χ0v) is 26.8. The third-order valence-electron chi connectivity index (χ3n) is 7.47. The van der Waals surface area contributed by atoms with Gasteiger partial charge in [-0.05, 0) is 55.0 Å². The van der Waals surface area contributed by atoms with Crippen molar-refractivity contribution >= 4 is 23.5 Å². The zero-order valence-electron chi connectivity index (χ0n) is 25.1. The predicted molar refractivity (Wildman–Crippen MR) is 175 cm³/mol. The molecule has 1 aromatic rings. The van der Waals surface area contributed by atoms with Gasteiger partial charge >= 0.3 is 0 Å². The smallest absolute Gasteiger partial charge is 0.00858 e. The molecule has 0 saturated carbocycles. The fourth-order valence-electron chi connectivity index (χ4n) is 5.06. The molecule has 0 nitrogen and oxygen atoms in total. The summed E-state index contributed by atoms with van der Waals surface area (Å²) < 4.78 is 0. The van der Waals surface area contributed by atoms with Crippen molar-refractivity contribution in [3.63, 3.8) is 0 Å². The number of hydrogen-bond acceptors (Lipinski definition) is 2. The molecule has 1 aromatic carbocycles. The molecule has 2 heteroatoms. The molecule has 0 heterocycles. The highest BCUT2D eigenvalue weighted by molar-refractivity contribution is 8.00. The minimum Gasteiger partial charge on any atom is -0.126 e. The fraction of sp³-hybridized carbons (Fsp3) is 0.800. The van der Waals surface area contributed by atoms with E-state index in [2.05, 4.69) is 39.0 Å². The van der Waals surface area contributed by atoms with Crippen molar-refractivity contribution in [2.75, 3.05) is 11.5 Å². The highest BCUT2D eigenvalue weighted by Crippen LogP contribution is 2.29. The molecular formula is C35H63S2. The van der Waals surface area contributed by atoms with E-state index >= 15 is 0 Å². The van der Waals surface area contributed by atoms with Crippen molar-refractivity contribution < 1.29 is 0 Å². The van der Waals surface area contributed by atoms with Crippen molar-refractivity contribution in [3.8, 4) is 0 Å². The Hall–Kier alpha value is -0.0800. The van der Waals surface area contributed by atoms with Crippen LogP contribution in [-0.2, 0) is 0 Å². The van der Waals surface area contributed by atoms with Crippen LogP contribution in [0.1, 0.15) is 174 Å². The van der Waals surface area contributed by atoms with E-state index in [1.165, 1.54) is 181 Å². The van der Waals surface area contributed by atoms with Gasteiger partial charge in [0.15, 0.2) is 0 Å². The second-order valence-electron chi connectivity index (χ2n) is 11.3. The van der Waals surface area contributed by atoms with Crippen LogP contribution in [0.25, 0.3) is 0 Å². The highest BCUT2D eigenvalue weighted by Gasteiger charge is 2.02. The molecule has 0 aliphatic heterocycles. The first kappa shape index (κ1) is 34.9. The summed E-state index contributed by atoms with van der Waals surface area (Å²) in [6.45, 7) is 8.84. The highest BCUT2D eigenvalue weighted by atomic mass is 32.2. The Balaban J connectivity index is 1.97. The molecule has 1 rings (SSSR count). The monoisotopic (exact) mass is 547 g/mol. The van der Waals surface area contributed by atoms with Gasteiger partial charge in [-0.3, -0.25) is 0 Å².